The third-order valence-electron chi connectivity index (χ3n) is 6.62. The molecule has 0 spiro atoms. The van der Waals surface area contributed by atoms with E-state index in [-0.39, 0.29) is 11.3 Å². The number of methoxy groups -OCH3 is 1. The average Bonchev–Trinajstić information content (AvgIpc) is 3.32. The molecule has 0 bridgehead atoms. The zero-order valence-electron chi connectivity index (χ0n) is 21.4. The minimum absolute atomic E-state index is 0.0572. The van der Waals surface area contributed by atoms with Crippen molar-refractivity contribution in [1.82, 2.24) is 24.6 Å². The van der Waals surface area contributed by atoms with E-state index in [2.05, 4.69) is 15.0 Å². The minimum atomic E-state index is -3.49. The fourth-order valence-corrected chi connectivity index (χ4v) is 5.62. The lowest BCUT2D eigenvalue weighted by Crippen LogP contribution is -2.33. The normalized spacial score (nSPS) is 17.4. The Bertz CT molecular complexity index is 1530. The maximum atomic E-state index is 12.8. The van der Waals surface area contributed by atoms with Crippen molar-refractivity contribution in [3.05, 3.63) is 56.5 Å². The molecule has 11 heteroatoms. The highest BCUT2D eigenvalue weighted by Crippen LogP contribution is 2.42. The van der Waals surface area contributed by atoms with Gasteiger partial charge in [0.05, 0.1) is 30.5 Å². The summed E-state index contributed by atoms with van der Waals surface area (Å²) in [5, 5.41) is 3.96. The molecule has 36 heavy (non-hydrogen) atoms. The largest absolute Gasteiger partial charge is 0.496 e. The predicted octanol–water partition coefficient (Wildman–Crippen LogP) is 1.79. The predicted molar refractivity (Wildman–Crippen MR) is 140 cm³/mol. The number of sulfonamides is 1. The lowest BCUT2D eigenvalue weighted by molar-refractivity contribution is 0.402. The van der Waals surface area contributed by atoms with E-state index in [4.69, 9.17) is 9.72 Å². The molecule has 1 fully saturated rings. The second-order valence-corrected chi connectivity index (χ2v) is 12.2. The highest BCUT2D eigenvalue weighted by Gasteiger charge is 2.31. The molecule has 2 atom stereocenters. The molecule has 1 aliphatic rings. The van der Waals surface area contributed by atoms with Gasteiger partial charge >= 0.3 is 5.69 Å². The number of H-pyrrole nitrogens is 1. The SMILES string of the molecule is COc1c(C(C)(C)C)cc(-c2cn(C)c(=O)[nH]c2=O)c2ncc([C@@H](NS(C)(=O)=O)C3CCNC3)cc12. The van der Waals surface area contributed by atoms with E-state index in [0.29, 0.717) is 39.9 Å². The van der Waals surface area contributed by atoms with Gasteiger partial charge in [0.15, 0.2) is 0 Å². The maximum Gasteiger partial charge on any atom is 0.328 e. The summed E-state index contributed by atoms with van der Waals surface area (Å²) in [5.74, 6) is 0.668. The quantitative estimate of drug-likeness (QED) is 0.456. The number of pyridine rings is 1. The van der Waals surface area contributed by atoms with Gasteiger partial charge in [-0.2, -0.15) is 0 Å². The fraction of sp³-hybridized carbons (Fsp3) is 0.480. The number of hydrogen-bond donors (Lipinski definition) is 3. The van der Waals surface area contributed by atoms with Crippen molar-refractivity contribution in [2.75, 3.05) is 26.5 Å². The Morgan fingerprint density at radius 1 is 1.22 bits per heavy atom. The maximum absolute atomic E-state index is 12.8. The summed E-state index contributed by atoms with van der Waals surface area (Å²) >= 11 is 0. The number of benzene rings is 1. The van der Waals surface area contributed by atoms with Crippen molar-refractivity contribution >= 4 is 20.9 Å². The third kappa shape index (κ3) is 5.09. The van der Waals surface area contributed by atoms with Crippen molar-refractivity contribution in [2.45, 2.75) is 38.6 Å². The zero-order valence-corrected chi connectivity index (χ0v) is 22.2. The Hall–Kier alpha value is -3.02. The van der Waals surface area contributed by atoms with Crippen molar-refractivity contribution in [3.8, 4) is 16.9 Å². The lowest BCUT2D eigenvalue weighted by atomic mass is 9.82. The van der Waals surface area contributed by atoms with Crippen LogP contribution >= 0.6 is 0 Å². The van der Waals surface area contributed by atoms with Crippen molar-refractivity contribution in [1.29, 1.82) is 0 Å². The molecule has 0 aliphatic carbocycles. The smallest absolute Gasteiger partial charge is 0.328 e. The van der Waals surface area contributed by atoms with Crippen LogP contribution in [0.15, 0.2) is 34.1 Å². The molecule has 2 aromatic heterocycles. The first kappa shape index (κ1) is 26.1. The van der Waals surface area contributed by atoms with Crippen LogP contribution in [-0.4, -0.2) is 49.4 Å². The second-order valence-electron chi connectivity index (χ2n) is 10.5. The molecule has 1 saturated heterocycles. The van der Waals surface area contributed by atoms with E-state index in [0.717, 1.165) is 24.8 Å². The Morgan fingerprint density at radius 2 is 1.94 bits per heavy atom. The lowest BCUT2D eigenvalue weighted by Gasteiger charge is -2.27. The van der Waals surface area contributed by atoms with Crippen molar-refractivity contribution in [3.63, 3.8) is 0 Å². The molecule has 1 aromatic carbocycles. The van der Waals surface area contributed by atoms with Gasteiger partial charge in [-0.3, -0.25) is 14.8 Å². The van der Waals surface area contributed by atoms with E-state index in [9.17, 15) is 18.0 Å². The van der Waals surface area contributed by atoms with E-state index < -0.39 is 27.3 Å². The number of aryl methyl sites for hydroxylation is 1. The molecule has 0 radical (unpaired) electrons. The van der Waals surface area contributed by atoms with Crippen LogP contribution < -0.4 is 26.0 Å². The van der Waals surface area contributed by atoms with Crippen LogP contribution in [0.2, 0.25) is 0 Å². The van der Waals surface area contributed by atoms with Gasteiger partial charge in [0.2, 0.25) is 10.0 Å². The highest BCUT2D eigenvalue weighted by atomic mass is 32.2. The number of hydrogen-bond acceptors (Lipinski definition) is 7. The Kier molecular flexibility index (Phi) is 6.84. The molecular formula is C25H33N5O5S. The van der Waals surface area contributed by atoms with E-state index in [1.165, 1.54) is 10.8 Å². The number of ether oxygens (including phenoxy) is 1. The number of aromatic amines is 1. The Labute approximate surface area is 210 Å². The van der Waals surface area contributed by atoms with Crippen LogP contribution in [0.3, 0.4) is 0 Å². The van der Waals surface area contributed by atoms with E-state index in [1.54, 1.807) is 20.4 Å². The molecular weight excluding hydrogens is 482 g/mol. The van der Waals surface area contributed by atoms with Gasteiger partial charge in [0, 0.05) is 36.0 Å². The molecule has 3 N–H and O–H groups in total. The van der Waals surface area contributed by atoms with E-state index >= 15 is 0 Å². The van der Waals surface area contributed by atoms with Gasteiger partial charge in [0.25, 0.3) is 5.56 Å². The Balaban J connectivity index is 2.05. The van der Waals surface area contributed by atoms with Gasteiger partial charge in [-0.1, -0.05) is 20.8 Å². The summed E-state index contributed by atoms with van der Waals surface area (Å²) in [5.41, 5.74) is 1.60. The summed E-state index contributed by atoms with van der Waals surface area (Å²) in [7, 11) is -0.333. The van der Waals surface area contributed by atoms with Crippen LogP contribution in [0.5, 0.6) is 5.75 Å². The summed E-state index contributed by atoms with van der Waals surface area (Å²) in [6.45, 7) is 7.62. The van der Waals surface area contributed by atoms with Crippen LogP contribution in [0.1, 0.15) is 44.4 Å². The number of nitrogens with zero attached hydrogens (tertiary/aromatic N) is 2. The monoisotopic (exact) mass is 515 g/mol. The van der Waals surface area contributed by atoms with Gasteiger partial charge < -0.3 is 14.6 Å². The Morgan fingerprint density at radius 3 is 2.53 bits per heavy atom. The molecule has 0 saturated carbocycles. The molecule has 3 heterocycles. The number of nitrogens with one attached hydrogen (secondary N) is 3. The van der Waals surface area contributed by atoms with Crippen LogP contribution in [0.4, 0.5) is 0 Å². The molecule has 10 nitrogen and oxygen atoms in total. The number of rotatable bonds is 6. The molecule has 1 unspecified atom stereocenters. The summed E-state index contributed by atoms with van der Waals surface area (Å²) < 4.78 is 34.5. The first-order valence-electron chi connectivity index (χ1n) is 11.8. The third-order valence-corrected chi connectivity index (χ3v) is 7.30. The highest BCUT2D eigenvalue weighted by molar-refractivity contribution is 7.88. The molecule has 3 aromatic rings. The first-order valence-corrected chi connectivity index (χ1v) is 13.7. The molecule has 194 valence electrons. The average molecular weight is 516 g/mol. The molecule has 4 rings (SSSR count). The van der Waals surface area contributed by atoms with Crippen molar-refractivity contribution < 1.29 is 13.2 Å². The van der Waals surface area contributed by atoms with E-state index in [1.807, 2.05) is 32.9 Å². The molecule has 1 aliphatic heterocycles. The van der Waals surface area contributed by atoms with Crippen molar-refractivity contribution in [2.24, 2.45) is 13.0 Å². The standard InChI is InChI=1S/C25H33N5O5S/c1-25(2,3)19-10-16(18-13-30(4)24(32)28-23(18)31)21-17(22(19)35-5)9-15(12-27-21)20(29-36(6,33)34)14-7-8-26-11-14/h9-10,12-14,20,26,29H,7-8,11H2,1-6H3,(H,28,31,32)/t14?,20-/m0/s1. The summed E-state index contributed by atoms with van der Waals surface area (Å²) in [4.78, 5) is 31.9. The number of fused-ring (bicyclic) bond motifs is 1. The topological polar surface area (TPSA) is 135 Å². The zero-order chi connectivity index (χ0) is 26.4. The first-order chi connectivity index (χ1) is 16.8. The number of aromatic nitrogens is 3. The molecule has 0 amide bonds. The van der Waals surface area contributed by atoms with Crippen LogP contribution in [0, 0.1) is 5.92 Å². The minimum Gasteiger partial charge on any atom is -0.496 e. The van der Waals surface area contributed by atoms with Gasteiger partial charge in [-0.15, -0.1) is 0 Å². The summed E-state index contributed by atoms with van der Waals surface area (Å²) in [6.07, 6.45) is 5.13. The van der Waals surface area contributed by atoms with Crippen LogP contribution in [0.25, 0.3) is 22.0 Å². The fourth-order valence-electron chi connectivity index (χ4n) is 4.83. The van der Waals surface area contributed by atoms with Gasteiger partial charge in [0.1, 0.15) is 5.75 Å². The van der Waals surface area contributed by atoms with Gasteiger partial charge in [-0.05, 0) is 48.5 Å². The summed E-state index contributed by atoms with van der Waals surface area (Å²) in [6, 6.07) is 3.31. The van der Waals surface area contributed by atoms with Crippen LogP contribution in [-0.2, 0) is 22.5 Å². The second kappa shape index (κ2) is 9.45. The van der Waals surface area contributed by atoms with Gasteiger partial charge in [-0.25, -0.2) is 17.9 Å².